The molecule has 0 spiro atoms. The van der Waals surface area contributed by atoms with E-state index in [-0.39, 0.29) is 11.5 Å². The molecule has 3 N–H and O–H groups in total. The molecule has 0 aromatic heterocycles. The Morgan fingerprint density at radius 1 is 1.40 bits per heavy atom. The van der Waals surface area contributed by atoms with Crippen LogP contribution in [-0.2, 0) is 4.79 Å². The van der Waals surface area contributed by atoms with Crippen molar-refractivity contribution >= 4 is 29.9 Å². The quantitative estimate of drug-likeness (QED) is 0.580. The molecule has 126 valence electrons. The molecule has 7 nitrogen and oxygen atoms in total. The van der Waals surface area contributed by atoms with Crippen LogP contribution in [0, 0.1) is 16.7 Å². The van der Waals surface area contributed by atoms with Crippen molar-refractivity contribution in [3.8, 4) is 6.07 Å². The summed E-state index contributed by atoms with van der Waals surface area (Å²) < 4.78 is 0. The van der Waals surface area contributed by atoms with Crippen molar-refractivity contribution in [1.82, 2.24) is 5.32 Å². The topological polar surface area (TPSA) is 113 Å². The third-order valence-electron chi connectivity index (χ3n) is 3.56. The molecule has 25 heavy (non-hydrogen) atoms. The average molecular weight is 334 g/mol. The Hall–Kier alpha value is -3.53. The number of para-hydroxylation sites is 1. The summed E-state index contributed by atoms with van der Waals surface area (Å²) in [6, 6.07) is 11.0. The van der Waals surface area contributed by atoms with Crippen molar-refractivity contribution < 1.29 is 4.79 Å². The monoisotopic (exact) mass is 334 g/mol. The predicted octanol–water partition coefficient (Wildman–Crippen LogP) is 2.42. The second-order valence-electron chi connectivity index (χ2n) is 5.23. The Balaban J connectivity index is 2.38. The van der Waals surface area contributed by atoms with Gasteiger partial charge in [-0.15, -0.1) is 0 Å². The molecule has 0 fully saturated rings. The van der Waals surface area contributed by atoms with Crippen molar-refractivity contribution in [2.75, 3.05) is 11.9 Å². The third-order valence-corrected chi connectivity index (χ3v) is 3.56. The van der Waals surface area contributed by atoms with Crippen LogP contribution in [0.2, 0.25) is 0 Å². The summed E-state index contributed by atoms with van der Waals surface area (Å²) in [6.07, 6.45) is 2.23. The van der Waals surface area contributed by atoms with E-state index in [0.29, 0.717) is 29.9 Å². The van der Waals surface area contributed by atoms with Crippen molar-refractivity contribution in [3.63, 3.8) is 0 Å². The Labute approximate surface area is 146 Å². The summed E-state index contributed by atoms with van der Waals surface area (Å²) in [5, 5.41) is 22.7. The van der Waals surface area contributed by atoms with Gasteiger partial charge in [0.1, 0.15) is 6.07 Å². The van der Waals surface area contributed by atoms with Gasteiger partial charge in [0, 0.05) is 24.1 Å². The molecule has 0 radical (unpaired) electrons. The first-order valence-corrected chi connectivity index (χ1v) is 7.61. The Kier molecular flexibility index (Phi) is 5.96. The van der Waals surface area contributed by atoms with Crippen LogP contribution in [0.4, 0.5) is 5.69 Å². The number of nitrogens with zero attached hydrogens (tertiary/aromatic N) is 3. The molecule has 2 rings (SSSR count). The first-order chi connectivity index (χ1) is 12.1. The molecule has 1 heterocycles. The second kappa shape index (κ2) is 8.36. The van der Waals surface area contributed by atoms with Crippen molar-refractivity contribution in [2.45, 2.75) is 13.3 Å². The van der Waals surface area contributed by atoms with Gasteiger partial charge in [0.15, 0.2) is 11.5 Å². The molecule has 0 bridgehead atoms. The molecule has 1 amide bonds. The summed E-state index contributed by atoms with van der Waals surface area (Å²) in [6.45, 7) is 5.68. The predicted molar refractivity (Wildman–Crippen MR) is 98.8 cm³/mol. The SMILES string of the molecule is C=NC(=N)C(=NC(C)=C1CCNC=C1C#N)C(=O)Nc1ccccc1. The molecule has 0 atom stereocenters. The minimum Gasteiger partial charge on any atom is -0.389 e. The number of allylic oxidation sites excluding steroid dienone is 2. The molecule has 1 aliphatic rings. The zero-order valence-electron chi connectivity index (χ0n) is 13.8. The van der Waals surface area contributed by atoms with E-state index >= 15 is 0 Å². The zero-order chi connectivity index (χ0) is 18.2. The van der Waals surface area contributed by atoms with Crippen LogP contribution in [-0.4, -0.2) is 30.7 Å². The number of hydrogen-bond donors (Lipinski definition) is 3. The van der Waals surface area contributed by atoms with Gasteiger partial charge in [-0.3, -0.25) is 10.2 Å². The lowest BCUT2D eigenvalue weighted by Gasteiger charge is -2.15. The molecule has 0 unspecified atom stereocenters. The molecule has 1 aromatic carbocycles. The number of carbonyl (C=O) groups is 1. The highest BCUT2D eigenvalue weighted by molar-refractivity contribution is 6.68. The van der Waals surface area contributed by atoms with E-state index in [2.05, 4.69) is 33.4 Å². The number of nitriles is 1. The van der Waals surface area contributed by atoms with E-state index < -0.39 is 5.91 Å². The molecule has 1 aromatic rings. The smallest absolute Gasteiger partial charge is 0.278 e. The highest BCUT2D eigenvalue weighted by Crippen LogP contribution is 2.21. The largest absolute Gasteiger partial charge is 0.389 e. The third kappa shape index (κ3) is 4.48. The number of anilines is 1. The second-order valence-corrected chi connectivity index (χ2v) is 5.23. The van der Waals surface area contributed by atoms with Gasteiger partial charge in [-0.25, -0.2) is 9.98 Å². The molecule has 0 saturated carbocycles. The maximum absolute atomic E-state index is 12.5. The Morgan fingerprint density at radius 2 is 2.12 bits per heavy atom. The maximum atomic E-state index is 12.5. The molecular weight excluding hydrogens is 316 g/mol. The normalized spacial score (nSPS) is 16.0. The number of benzene rings is 1. The fraction of sp³-hybridized carbons (Fsp3) is 0.167. The maximum Gasteiger partial charge on any atom is 0.278 e. The lowest BCUT2D eigenvalue weighted by Crippen LogP contribution is -2.29. The zero-order valence-corrected chi connectivity index (χ0v) is 13.8. The van der Waals surface area contributed by atoms with Gasteiger partial charge in [0.05, 0.1) is 5.57 Å². The number of carbonyl (C=O) groups excluding carboxylic acids is 1. The van der Waals surface area contributed by atoms with E-state index in [1.54, 1.807) is 37.4 Å². The first-order valence-electron chi connectivity index (χ1n) is 7.61. The lowest BCUT2D eigenvalue weighted by atomic mass is 10.0. The van der Waals surface area contributed by atoms with Gasteiger partial charge in [-0.05, 0) is 37.8 Å². The van der Waals surface area contributed by atoms with Crippen LogP contribution >= 0.6 is 0 Å². The van der Waals surface area contributed by atoms with Crippen LogP contribution < -0.4 is 10.6 Å². The minimum atomic E-state index is -0.556. The van der Waals surface area contributed by atoms with E-state index in [9.17, 15) is 10.1 Å². The van der Waals surface area contributed by atoms with E-state index in [4.69, 9.17) is 5.41 Å². The highest BCUT2D eigenvalue weighted by atomic mass is 16.1. The molecule has 0 saturated heterocycles. The van der Waals surface area contributed by atoms with Crippen molar-refractivity contribution in [3.05, 3.63) is 53.4 Å². The Bertz CT molecular complexity index is 827. The van der Waals surface area contributed by atoms with Gasteiger partial charge in [-0.1, -0.05) is 18.2 Å². The number of amidine groups is 1. The van der Waals surface area contributed by atoms with Crippen molar-refractivity contribution in [1.29, 1.82) is 10.7 Å². The number of rotatable bonds is 4. The number of hydrogen-bond acceptors (Lipinski definition) is 5. The highest BCUT2D eigenvalue weighted by Gasteiger charge is 2.19. The molecule has 1 aliphatic heterocycles. The van der Waals surface area contributed by atoms with Gasteiger partial charge < -0.3 is 10.6 Å². The standard InChI is InChI=1S/C18H18N6O/c1-12(15-8-9-22-11-13(15)10-19)23-16(17(20)21-2)18(25)24-14-6-4-3-5-7-14/h3-7,11,20,22H,2,8-9H2,1H3,(H,24,25). The average Bonchev–Trinajstić information content (AvgIpc) is 2.65. The Morgan fingerprint density at radius 3 is 2.76 bits per heavy atom. The van der Waals surface area contributed by atoms with Gasteiger partial charge in [0.25, 0.3) is 5.91 Å². The van der Waals surface area contributed by atoms with E-state index in [1.807, 2.05) is 6.07 Å². The molecule has 7 heteroatoms. The van der Waals surface area contributed by atoms with Crippen LogP contribution in [0.5, 0.6) is 0 Å². The number of amides is 1. The van der Waals surface area contributed by atoms with Crippen LogP contribution in [0.15, 0.2) is 63.4 Å². The van der Waals surface area contributed by atoms with Crippen molar-refractivity contribution in [2.24, 2.45) is 9.98 Å². The molecule has 0 aliphatic carbocycles. The summed E-state index contributed by atoms with van der Waals surface area (Å²) in [4.78, 5) is 20.3. The van der Waals surface area contributed by atoms with E-state index in [0.717, 1.165) is 5.57 Å². The molecular formula is C18H18N6O. The summed E-state index contributed by atoms with van der Waals surface area (Å²) in [7, 11) is 0. The van der Waals surface area contributed by atoms with Gasteiger partial charge >= 0.3 is 0 Å². The number of aliphatic imine (C=N–C) groups is 2. The summed E-state index contributed by atoms with van der Waals surface area (Å²) >= 11 is 0. The minimum absolute atomic E-state index is 0.153. The number of nitrogens with one attached hydrogen (secondary N) is 3. The van der Waals surface area contributed by atoms with Crippen LogP contribution in [0.1, 0.15) is 13.3 Å². The van der Waals surface area contributed by atoms with Gasteiger partial charge in [-0.2, -0.15) is 5.26 Å². The van der Waals surface area contributed by atoms with Crippen LogP contribution in [0.3, 0.4) is 0 Å². The van der Waals surface area contributed by atoms with Crippen LogP contribution in [0.25, 0.3) is 0 Å². The summed E-state index contributed by atoms with van der Waals surface area (Å²) in [5.41, 5.74) is 2.14. The fourth-order valence-electron chi connectivity index (χ4n) is 2.30. The fourth-order valence-corrected chi connectivity index (χ4v) is 2.30. The first kappa shape index (κ1) is 17.8. The van der Waals surface area contributed by atoms with Gasteiger partial charge in [0.2, 0.25) is 0 Å². The lowest BCUT2D eigenvalue weighted by molar-refractivity contribution is -0.110. The summed E-state index contributed by atoms with van der Waals surface area (Å²) in [5.74, 6) is -0.884. The van der Waals surface area contributed by atoms with E-state index in [1.165, 1.54) is 0 Å².